The van der Waals surface area contributed by atoms with Crippen LogP contribution in [0.2, 0.25) is 5.02 Å². The highest BCUT2D eigenvalue weighted by Gasteiger charge is 2.15. The summed E-state index contributed by atoms with van der Waals surface area (Å²) in [6, 6.07) is 4.62. The van der Waals surface area contributed by atoms with Crippen LogP contribution in [0.25, 0.3) is 5.69 Å². The van der Waals surface area contributed by atoms with Crippen molar-refractivity contribution in [3.05, 3.63) is 35.1 Å². The number of tetrazole rings is 1. The standard InChI is InChI=1S/C11H10ClN5O3/c1-20-10(18)5-13-11(19)8-3-2-7(12)4-9(8)17-6-14-15-16-17/h2-4,6H,5H2,1H3,(H,13,19). The molecule has 1 aromatic heterocycles. The molecule has 1 N–H and O–H groups in total. The molecule has 8 nitrogen and oxygen atoms in total. The molecule has 0 atom stereocenters. The smallest absolute Gasteiger partial charge is 0.325 e. The topological polar surface area (TPSA) is 99.0 Å². The molecule has 1 aromatic carbocycles. The van der Waals surface area contributed by atoms with E-state index in [1.54, 1.807) is 12.1 Å². The lowest BCUT2D eigenvalue weighted by atomic mass is 10.1. The first-order valence-electron chi connectivity index (χ1n) is 5.49. The zero-order valence-corrected chi connectivity index (χ0v) is 11.2. The first-order valence-corrected chi connectivity index (χ1v) is 5.87. The molecule has 0 radical (unpaired) electrons. The fourth-order valence-corrected chi connectivity index (χ4v) is 1.64. The monoisotopic (exact) mass is 295 g/mol. The minimum Gasteiger partial charge on any atom is -0.468 e. The van der Waals surface area contributed by atoms with Gasteiger partial charge < -0.3 is 10.1 Å². The highest BCUT2D eigenvalue weighted by Crippen LogP contribution is 2.19. The molecule has 20 heavy (non-hydrogen) atoms. The second kappa shape index (κ2) is 6.11. The summed E-state index contributed by atoms with van der Waals surface area (Å²) in [7, 11) is 1.24. The predicted molar refractivity (Wildman–Crippen MR) is 68.5 cm³/mol. The van der Waals surface area contributed by atoms with E-state index in [1.165, 1.54) is 24.2 Å². The van der Waals surface area contributed by atoms with E-state index < -0.39 is 11.9 Å². The Hall–Kier alpha value is -2.48. The lowest BCUT2D eigenvalue weighted by molar-refractivity contribution is -0.139. The highest BCUT2D eigenvalue weighted by molar-refractivity contribution is 6.31. The Bertz CT molecular complexity index is 629. The number of hydrogen-bond donors (Lipinski definition) is 1. The SMILES string of the molecule is COC(=O)CNC(=O)c1ccc(Cl)cc1-n1cnnn1. The van der Waals surface area contributed by atoms with Crippen molar-refractivity contribution >= 4 is 23.5 Å². The van der Waals surface area contributed by atoms with Crippen LogP contribution in [-0.2, 0) is 9.53 Å². The van der Waals surface area contributed by atoms with E-state index in [0.717, 1.165) is 0 Å². The van der Waals surface area contributed by atoms with E-state index in [9.17, 15) is 9.59 Å². The lowest BCUT2D eigenvalue weighted by Crippen LogP contribution is -2.30. The molecule has 0 aliphatic carbocycles. The summed E-state index contributed by atoms with van der Waals surface area (Å²) >= 11 is 5.90. The summed E-state index contributed by atoms with van der Waals surface area (Å²) in [6.07, 6.45) is 1.34. The molecule has 0 fully saturated rings. The highest BCUT2D eigenvalue weighted by atomic mass is 35.5. The number of rotatable bonds is 4. The van der Waals surface area contributed by atoms with Crippen LogP contribution in [0.1, 0.15) is 10.4 Å². The number of halogens is 1. The average molecular weight is 296 g/mol. The second-order valence-corrected chi connectivity index (χ2v) is 4.11. The Balaban J connectivity index is 2.27. The van der Waals surface area contributed by atoms with E-state index in [2.05, 4.69) is 25.6 Å². The molecule has 2 aromatic rings. The molecule has 0 spiro atoms. The Morgan fingerprint density at radius 1 is 1.45 bits per heavy atom. The Kier molecular flexibility index (Phi) is 4.26. The number of hydrogen-bond acceptors (Lipinski definition) is 6. The van der Waals surface area contributed by atoms with Gasteiger partial charge in [-0.25, -0.2) is 0 Å². The summed E-state index contributed by atoms with van der Waals surface area (Å²) in [6.45, 7) is -0.229. The van der Waals surface area contributed by atoms with Gasteiger partial charge in [0.1, 0.15) is 12.9 Å². The second-order valence-electron chi connectivity index (χ2n) is 3.67. The third-order valence-electron chi connectivity index (χ3n) is 2.42. The van der Waals surface area contributed by atoms with Gasteiger partial charge in [-0.1, -0.05) is 11.6 Å². The van der Waals surface area contributed by atoms with Crippen molar-refractivity contribution in [2.45, 2.75) is 0 Å². The van der Waals surface area contributed by atoms with Crippen molar-refractivity contribution in [1.29, 1.82) is 0 Å². The summed E-state index contributed by atoms with van der Waals surface area (Å²) in [5, 5.41) is 13.6. The van der Waals surface area contributed by atoms with Gasteiger partial charge in [0, 0.05) is 5.02 Å². The van der Waals surface area contributed by atoms with Crippen LogP contribution in [-0.4, -0.2) is 45.7 Å². The van der Waals surface area contributed by atoms with Gasteiger partial charge in [0.2, 0.25) is 0 Å². The van der Waals surface area contributed by atoms with Crippen molar-refractivity contribution < 1.29 is 14.3 Å². The van der Waals surface area contributed by atoms with Crippen molar-refractivity contribution in [2.75, 3.05) is 13.7 Å². The maximum Gasteiger partial charge on any atom is 0.325 e. The van der Waals surface area contributed by atoms with Crippen LogP contribution in [0.5, 0.6) is 0 Å². The molecule has 2 rings (SSSR count). The number of nitrogens with zero attached hydrogens (tertiary/aromatic N) is 4. The number of amides is 1. The molecule has 0 unspecified atom stereocenters. The number of esters is 1. The lowest BCUT2D eigenvalue weighted by Gasteiger charge is -2.09. The number of methoxy groups -OCH3 is 1. The van der Waals surface area contributed by atoms with E-state index in [4.69, 9.17) is 11.6 Å². The number of ether oxygens (including phenoxy) is 1. The molecular formula is C11H10ClN5O3. The zero-order chi connectivity index (χ0) is 14.5. The molecule has 0 saturated carbocycles. The first-order chi connectivity index (χ1) is 9.61. The van der Waals surface area contributed by atoms with Gasteiger partial charge in [-0.15, -0.1) is 5.10 Å². The molecule has 9 heteroatoms. The number of benzene rings is 1. The van der Waals surface area contributed by atoms with E-state index in [0.29, 0.717) is 10.7 Å². The maximum absolute atomic E-state index is 12.0. The van der Waals surface area contributed by atoms with Crippen molar-refractivity contribution in [2.24, 2.45) is 0 Å². The maximum atomic E-state index is 12.0. The van der Waals surface area contributed by atoms with Crippen LogP contribution in [0.3, 0.4) is 0 Å². The van der Waals surface area contributed by atoms with Crippen molar-refractivity contribution in [3.8, 4) is 5.69 Å². The quantitative estimate of drug-likeness (QED) is 0.810. The molecule has 1 heterocycles. The first kappa shape index (κ1) is 13.9. The fraction of sp³-hybridized carbons (Fsp3) is 0.182. The fourth-order valence-electron chi connectivity index (χ4n) is 1.48. The van der Waals surface area contributed by atoms with Gasteiger partial charge in [-0.05, 0) is 28.6 Å². The summed E-state index contributed by atoms with van der Waals surface area (Å²) in [4.78, 5) is 23.1. The molecule has 1 amide bonds. The van der Waals surface area contributed by atoms with E-state index in [-0.39, 0.29) is 12.1 Å². The van der Waals surface area contributed by atoms with Crippen LogP contribution in [0.4, 0.5) is 0 Å². The number of aromatic nitrogens is 4. The normalized spacial score (nSPS) is 10.1. The molecule has 0 aliphatic heterocycles. The minimum absolute atomic E-state index is 0.229. The van der Waals surface area contributed by atoms with Crippen LogP contribution in [0.15, 0.2) is 24.5 Å². The van der Waals surface area contributed by atoms with Crippen LogP contribution < -0.4 is 5.32 Å². The number of carbonyl (C=O) groups is 2. The third-order valence-corrected chi connectivity index (χ3v) is 2.66. The largest absolute Gasteiger partial charge is 0.468 e. The molecular weight excluding hydrogens is 286 g/mol. The van der Waals surface area contributed by atoms with Gasteiger partial charge in [0.15, 0.2) is 0 Å². The zero-order valence-electron chi connectivity index (χ0n) is 10.4. The Morgan fingerprint density at radius 2 is 2.25 bits per heavy atom. The number of carbonyl (C=O) groups excluding carboxylic acids is 2. The predicted octanol–water partition coefficient (Wildman–Crippen LogP) is 0.218. The molecule has 104 valence electrons. The third kappa shape index (κ3) is 3.09. The molecule has 0 bridgehead atoms. The Labute approximate surface area is 118 Å². The molecule has 0 aliphatic rings. The van der Waals surface area contributed by atoms with Gasteiger partial charge in [-0.2, -0.15) is 4.68 Å². The van der Waals surface area contributed by atoms with Crippen molar-refractivity contribution in [1.82, 2.24) is 25.5 Å². The van der Waals surface area contributed by atoms with Crippen molar-refractivity contribution in [3.63, 3.8) is 0 Å². The minimum atomic E-state index is -0.545. The average Bonchev–Trinajstić information content (AvgIpc) is 2.98. The van der Waals surface area contributed by atoms with Gasteiger partial charge in [0.05, 0.1) is 18.4 Å². The Morgan fingerprint density at radius 3 is 2.90 bits per heavy atom. The van der Waals surface area contributed by atoms with Crippen LogP contribution in [0, 0.1) is 0 Å². The van der Waals surface area contributed by atoms with Gasteiger partial charge >= 0.3 is 5.97 Å². The van der Waals surface area contributed by atoms with Gasteiger partial charge in [-0.3, -0.25) is 9.59 Å². The molecule has 0 saturated heterocycles. The summed E-state index contributed by atoms with van der Waals surface area (Å²) < 4.78 is 5.75. The summed E-state index contributed by atoms with van der Waals surface area (Å²) in [5.41, 5.74) is 0.690. The summed E-state index contributed by atoms with van der Waals surface area (Å²) in [5.74, 6) is -1.01. The van der Waals surface area contributed by atoms with Gasteiger partial charge in [0.25, 0.3) is 5.91 Å². The number of nitrogens with one attached hydrogen (secondary N) is 1. The van der Waals surface area contributed by atoms with E-state index in [1.807, 2.05) is 0 Å². The van der Waals surface area contributed by atoms with E-state index >= 15 is 0 Å². The van der Waals surface area contributed by atoms with Crippen LogP contribution >= 0.6 is 11.6 Å².